The van der Waals surface area contributed by atoms with E-state index in [1.165, 1.54) is 0 Å². The molecular formula is C9H18O4. The third-order valence-electron chi connectivity index (χ3n) is 1.15. The van der Waals surface area contributed by atoms with Crippen molar-refractivity contribution < 1.29 is 19.0 Å². The minimum absolute atomic E-state index is 0.0361. The number of ether oxygens (including phenoxy) is 3. The van der Waals surface area contributed by atoms with Gasteiger partial charge in [0.15, 0.2) is 0 Å². The van der Waals surface area contributed by atoms with Crippen molar-refractivity contribution in [2.45, 2.75) is 46.5 Å². The van der Waals surface area contributed by atoms with E-state index in [0.717, 1.165) is 6.42 Å². The van der Waals surface area contributed by atoms with Crippen molar-refractivity contribution in [2.24, 2.45) is 0 Å². The number of hydrogen-bond donors (Lipinski definition) is 0. The lowest BCUT2D eigenvalue weighted by Crippen LogP contribution is -2.22. The molecule has 0 aromatic carbocycles. The molecule has 1 unspecified atom stereocenters. The van der Waals surface area contributed by atoms with Gasteiger partial charge in [-0.15, -0.1) is 0 Å². The summed E-state index contributed by atoms with van der Waals surface area (Å²) in [5.41, 5.74) is 0. The quantitative estimate of drug-likeness (QED) is 0.493. The monoisotopic (exact) mass is 190 g/mol. The lowest BCUT2D eigenvalue weighted by molar-refractivity contribution is -0.131. The lowest BCUT2D eigenvalue weighted by atomic mass is 10.5. The maximum atomic E-state index is 10.9. The Morgan fingerprint density at radius 3 is 2.38 bits per heavy atom. The van der Waals surface area contributed by atoms with E-state index in [1.54, 1.807) is 6.92 Å². The van der Waals surface area contributed by atoms with Crippen LogP contribution in [-0.2, 0) is 14.2 Å². The zero-order valence-electron chi connectivity index (χ0n) is 8.70. The van der Waals surface area contributed by atoms with Crippen LogP contribution in [0.4, 0.5) is 4.79 Å². The SMILES string of the molecule is CCCOC(=O)OC(C)OC(C)C. The minimum atomic E-state index is -0.671. The summed E-state index contributed by atoms with van der Waals surface area (Å²) >= 11 is 0. The number of carbonyl (C=O) groups is 1. The van der Waals surface area contributed by atoms with Crippen LogP contribution in [0.15, 0.2) is 0 Å². The number of hydrogen-bond acceptors (Lipinski definition) is 4. The van der Waals surface area contributed by atoms with E-state index in [1.807, 2.05) is 20.8 Å². The van der Waals surface area contributed by atoms with Gasteiger partial charge in [-0.25, -0.2) is 4.79 Å². The van der Waals surface area contributed by atoms with Crippen molar-refractivity contribution >= 4 is 6.16 Å². The average Bonchev–Trinajstić information content (AvgIpc) is 1.98. The standard InChI is InChI=1S/C9H18O4/c1-5-6-11-9(10)13-8(4)12-7(2)3/h7-8H,5-6H2,1-4H3. The highest BCUT2D eigenvalue weighted by Crippen LogP contribution is 2.00. The maximum absolute atomic E-state index is 10.9. The van der Waals surface area contributed by atoms with E-state index in [-0.39, 0.29) is 6.10 Å². The molecule has 13 heavy (non-hydrogen) atoms. The Balaban J connectivity index is 3.53. The third kappa shape index (κ3) is 7.59. The minimum Gasteiger partial charge on any atom is -0.434 e. The molecule has 0 fully saturated rings. The molecule has 0 aromatic heterocycles. The topological polar surface area (TPSA) is 44.8 Å². The Labute approximate surface area is 79.2 Å². The fourth-order valence-electron chi connectivity index (χ4n) is 0.766. The van der Waals surface area contributed by atoms with Gasteiger partial charge in [0.1, 0.15) is 0 Å². The highest BCUT2D eigenvalue weighted by atomic mass is 16.8. The molecule has 0 aromatic rings. The Hall–Kier alpha value is -0.770. The van der Waals surface area contributed by atoms with Gasteiger partial charge in [-0.2, -0.15) is 0 Å². The summed E-state index contributed by atoms with van der Waals surface area (Å²) in [5.74, 6) is 0. The molecule has 0 heterocycles. The second kappa shape index (κ2) is 6.71. The lowest BCUT2D eigenvalue weighted by Gasteiger charge is -2.15. The highest BCUT2D eigenvalue weighted by Gasteiger charge is 2.11. The first kappa shape index (κ1) is 12.2. The van der Waals surface area contributed by atoms with Crippen molar-refractivity contribution in [3.63, 3.8) is 0 Å². The van der Waals surface area contributed by atoms with Crippen molar-refractivity contribution in [1.82, 2.24) is 0 Å². The average molecular weight is 190 g/mol. The van der Waals surface area contributed by atoms with Crippen LogP contribution in [-0.4, -0.2) is 25.2 Å². The van der Waals surface area contributed by atoms with Gasteiger partial charge >= 0.3 is 6.16 Å². The second-order valence-corrected chi connectivity index (χ2v) is 2.97. The molecule has 78 valence electrons. The first-order valence-corrected chi connectivity index (χ1v) is 4.55. The Morgan fingerprint density at radius 1 is 1.31 bits per heavy atom. The van der Waals surface area contributed by atoms with Crippen molar-refractivity contribution in [3.05, 3.63) is 0 Å². The third-order valence-corrected chi connectivity index (χ3v) is 1.15. The zero-order chi connectivity index (χ0) is 10.3. The summed E-state index contributed by atoms with van der Waals surface area (Å²) in [4.78, 5) is 10.9. The van der Waals surface area contributed by atoms with Crippen LogP contribution in [0.1, 0.15) is 34.1 Å². The van der Waals surface area contributed by atoms with E-state index in [9.17, 15) is 4.79 Å². The summed E-state index contributed by atoms with van der Waals surface area (Å²) in [6.45, 7) is 7.70. The van der Waals surface area contributed by atoms with E-state index in [0.29, 0.717) is 6.61 Å². The molecular weight excluding hydrogens is 172 g/mol. The molecule has 0 bridgehead atoms. The van der Waals surface area contributed by atoms with Crippen LogP contribution in [0.3, 0.4) is 0 Å². The molecule has 0 amide bonds. The summed E-state index contributed by atoms with van der Waals surface area (Å²) in [5, 5.41) is 0. The predicted octanol–water partition coefficient (Wildman–Crippen LogP) is 2.32. The largest absolute Gasteiger partial charge is 0.510 e. The van der Waals surface area contributed by atoms with Gasteiger partial charge in [-0.3, -0.25) is 0 Å². The van der Waals surface area contributed by atoms with E-state index in [2.05, 4.69) is 0 Å². The number of rotatable bonds is 5. The van der Waals surface area contributed by atoms with Gasteiger partial charge < -0.3 is 14.2 Å². The molecule has 0 aliphatic rings. The molecule has 0 rings (SSSR count). The molecule has 0 aliphatic heterocycles. The van der Waals surface area contributed by atoms with Crippen molar-refractivity contribution in [3.8, 4) is 0 Å². The van der Waals surface area contributed by atoms with Gasteiger partial charge in [0, 0.05) is 0 Å². The molecule has 0 radical (unpaired) electrons. The van der Waals surface area contributed by atoms with Gasteiger partial charge in [0.05, 0.1) is 12.7 Å². The second-order valence-electron chi connectivity index (χ2n) is 2.97. The van der Waals surface area contributed by atoms with Crippen molar-refractivity contribution in [2.75, 3.05) is 6.61 Å². The fraction of sp³-hybridized carbons (Fsp3) is 0.889. The Kier molecular flexibility index (Phi) is 6.32. The Morgan fingerprint density at radius 2 is 1.92 bits per heavy atom. The summed E-state index contributed by atoms with van der Waals surface area (Å²) in [7, 11) is 0. The predicted molar refractivity (Wildman–Crippen MR) is 48.4 cm³/mol. The normalized spacial score (nSPS) is 12.7. The van der Waals surface area contributed by atoms with E-state index >= 15 is 0 Å². The van der Waals surface area contributed by atoms with Gasteiger partial charge in [0.2, 0.25) is 6.29 Å². The highest BCUT2D eigenvalue weighted by molar-refractivity contribution is 5.59. The first-order valence-electron chi connectivity index (χ1n) is 4.55. The van der Waals surface area contributed by atoms with Crippen LogP contribution in [0.25, 0.3) is 0 Å². The maximum Gasteiger partial charge on any atom is 0.510 e. The summed E-state index contributed by atoms with van der Waals surface area (Å²) < 4.78 is 14.7. The van der Waals surface area contributed by atoms with Crippen LogP contribution >= 0.6 is 0 Å². The number of carbonyl (C=O) groups excluding carboxylic acids is 1. The van der Waals surface area contributed by atoms with Crippen LogP contribution in [0.5, 0.6) is 0 Å². The van der Waals surface area contributed by atoms with Crippen LogP contribution < -0.4 is 0 Å². The zero-order valence-corrected chi connectivity index (χ0v) is 8.70. The van der Waals surface area contributed by atoms with Gasteiger partial charge in [0.25, 0.3) is 0 Å². The molecule has 0 aliphatic carbocycles. The van der Waals surface area contributed by atoms with Crippen molar-refractivity contribution in [1.29, 1.82) is 0 Å². The van der Waals surface area contributed by atoms with Crippen LogP contribution in [0, 0.1) is 0 Å². The molecule has 0 saturated heterocycles. The summed E-state index contributed by atoms with van der Waals surface area (Å²) in [6, 6.07) is 0. The van der Waals surface area contributed by atoms with Crippen LogP contribution in [0.2, 0.25) is 0 Å². The summed E-state index contributed by atoms with van der Waals surface area (Å²) in [6.07, 6.45) is -0.401. The molecule has 0 N–H and O–H groups in total. The molecule has 4 heteroatoms. The smallest absolute Gasteiger partial charge is 0.434 e. The van der Waals surface area contributed by atoms with Gasteiger partial charge in [-0.05, 0) is 27.2 Å². The Bertz CT molecular complexity index is 145. The van der Waals surface area contributed by atoms with E-state index in [4.69, 9.17) is 14.2 Å². The molecule has 4 nitrogen and oxygen atoms in total. The van der Waals surface area contributed by atoms with Gasteiger partial charge in [-0.1, -0.05) is 6.92 Å². The molecule has 1 atom stereocenters. The van der Waals surface area contributed by atoms with E-state index < -0.39 is 12.4 Å². The fourth-order valence-corrected chi connectivity index (χ4v) is 0.766. The molecule has 0 spiro atoms. The first-order chi connectivity index (χ1) is 6.06. The molecule has 0 saturated carbocycles.